The second-order valence-corrected chi connectivity index (χ2v) is 9.14. The van der Waals surface area contributed by atoms with Crippen molar-refractivity contribution in [3.8, 4) is 0 Å². The first-order valence-electron chi connectivity index (χ1n) is 11.0. The largest absolute Gasteiger partial charge is 0.445 e. The zero-order chi connectivity index (χ0) is 24.1. The molecule has 0 bridgehead atoms. The molecule has 1 saturated heterocycles. The smallest absolute Gasteiger partial charge is 0.410 e. The van der Waals surface area contributed by atoms with Crippen LogP contribution in [0.2, 0.25) is 10.0 Å². The van der Waals surface area contributed by atoms with Crippen LogP contribution in [0.25, 0.3) is 0 Å². The fourth-order valence-electron chi connectivity index (χ4n) is 4.10. The third-order valence-electron chi connectivity index (χ3n) is 5.89. The molecule has 0 unspecified atom stereocenters. The fraction of sp³-hybridized carbons (Fsp3) is 0.269. The summed E-state index contributed by atoms with van der Waals surface area (Å²) in [4.78, 5) is 16.2. The molecule has 34 heavy (non-hydrogen) atoms. The third-order valence-corrected chi connectivity index (χ3v) is 6.55. The maximum absolute atomic E-state index is 13.7. The molecule has 1 N–H and O–H groups in total. The zero-order valence-corrected chi connectivity index (χ0v) is 19.9. The summed E-state index contributed by atoms with van der Waals surface area (Å²) in [7, 11) is 0. The first-order chi connectivity index (χ1) is 16.4. The average molecular weight is 503 g/mol. The van der Waals surface area contributed by atoms with E-state index in [0.717, 1.165) is 16.7 Å². The predicted octanol–water partition coefficient (Wildman–Crippen LogP) is 5.52. The number of ether oxygens (including phenoxy) is 1. The lowest BCUT2D eigenvalue weighted by molar-refractivity contribution is 0.0728. The molecule has 178 valence electrons. The van der Waals surface area contributed by atoms with Crippen LogP contribution in [0.5, 0.6) is 0 Å². The van der Waals surface area contributed by atoms with E-state index in [1.165, 1.54) is 11.0 Å². The number of nitrogens with zero attached hydrogens (tertiary/aromatic N) is 2. The Hall–Kier alpha value is -2.64. The Labute approximate surface area is 208 Å². The molecule has 0 aromatic heterocycles. The molecule has 1 amide bonds. The molecule has 0 radical (unpaired) electrons. The van der Waals surface area contributed by atoms with Crippen molar-refractivity contribution >= 4 is 29.3 Å². The van der Waals surface area contributed by atoms with E-state index < -0.39 is 18.0 Å². The molecule has 1 aliphatic rings. The van der Waals surface area contributed by atoms with E-state index in [1.54, 1.807) is 12.1 Å². The highest BCUT2D eigenvalue weighted by Gasteiger charge is 2.38. The van der Waals surface area contributed by atoms with Gasteiger partial charge in [0.25, 0.3) is 0 Å². The van der Waals surface area contributed by atoms with Crippen LogP contribution in [-0.4, -0.2) is 46.2 Å². The van der Waals surface area contributed by atoms with Gasteiger partial charge in [0.1, 0.15) is 12.4 Å². The summed E-state index contributed by atoms with van der Waals surface area (Å²) in [5, 5.41) is 11.5. The average Bonchev–Trinajstić information content (AvgIpc) is 3.23. The molecule has 4 rings (SSSR count). The van der Waals surface area contributed by atoms with Gasteiger partial charge in [-0.25, -0.2) is 9.18 Å². The number of aliphatic hydroxyl groups excluding tert-OH is 1. The molecule has 1 heterocycles. The van der Waals surface area contributed by atoms with E-state index in [2.05, 4.69) is 0 Å². The van der Waals surface area contributed by atoms with Crippen molar-refractivity contribution in [2.45, 2.75) is 31.8 Å². The molecule has 3 aromatic rings. The summed E-state index contributed by atoms with van der Waals surface area (Å²) >= 11 is 12.4. The van der Waals surface area contributed by atoms with Crippen LogP contribution in [0.1, 0.15) is 16.7 Å². The van der Waals surface area contributed by atoms with Crippen molar-refractivity contribution < 1.29 is 19.0 Å². The van der Waals surface area contributed by atoms with Gasteiger partial charge in [0.05, 0.1) is 23.7 Å². The van der Waals surface area contributed by atoms with Crippen molar-refractivity contribution in [1.29, 1.82) is 0 Å². The van der Waals surface area contributed by atoms with Gasteiger partial charge in [0.15, 0.2) is 0 Å². The number of carbonyl (C=O) groups excluding carboxylic acids is 1. The summed E-state index contributed by atoms with van der Waals surface area (Å²) in [6.45, 7) is 1.42. The third kappa shape index (κ3) is 6.07. The van der Waals surface area contributed by atoms with E-state index in [0.29, 0.717) is 18.1 Å². The Bertz CT molecular complexity index is 1130. The number of rotatable bonds is 7. The number of amides is 1. The normalized spacial score (nSPS) is 17.9. The number of β-amino-alcohol motifs (C(OH)–C–C–N with tert-alkyl or cyclic N) is 1. The molecular weight excluding hydrogens is 478 g/mol. The fourth-order valence-corrected chi connectivity index (χ4v) is 4.49. The minimum Gasteiger partial charge on any atom is -0.445 e. The molecule has 8 heteroatoms. The van der Waals surface area contributed by atoms with Gasteiger partial charge in [0, 0.05) is 24.7 Å². The summed E-state index contributed by atoms with van der Waals surface area (Å²) in [5.74, 6) is -0.490. The Kier molecular flexibility index (Phi) is 8.06. The molecule has 3 aromatic carbocycles. The van der Waals surface area contributed by atoms with E-state index >= 15 is 0 Å². The summed E-state index contributed by atoms with van der Waals surface area (Å²) in [6, 6.07) is 21.1. The van der Waals surface area contributed by atoms with E-state index in [4.69, 9.17) is 27.9 Å². The Morgan fingerprint density at radius 1 is 0.971 bits per heavy atom. The Balaban J connectivity index is 1.49. The molecule has 0 aliphatic carbocycles. The maximum atomic E-state index is 13.7. The lowest BCUT2D eigenvalue weighted by Crippen LogP contribution is -2.42. The topological polar surface area (TPSA) is 53.0 Å². The Morgan fingerprint density at radius 2 is 1.71 bits per heavy atom. The second-order valence-electron chi connectivity index (χ2n) is 8.32. The van der Waals surface area contributed by atoms with Gasteiger partial charge in [-0.05, 0) is 34.9 Å². The molecular formula is C26H25Cl2FN2O3. The molecule has 5 nitrogen and oxygen atoms in total. The van der Waals surface area contributed by atoms with E-state index in [-0.39, 0.29) is 30.8 Å². The SMILES string of the molecule is O=C(OCc1ccccc1)N1C[C@@H](O)[C@H](N(Cc2ccc(F)c(Cl)c2)Cc2ccccc2Cl)C1. The van der Waals surface area contributed by atoms with Crippen LogP contribution in [0.3, 0.4) is 0 Å². The van der Waals surface area contributed by atoms with Gasteiger partial charge in [-0.3, -0.25) is 4.90 Å². The maximum Gasteiger partial charge on any atom is 0.410 e. The first-order valence-corrected chi connectivity index (χ1v) is 11.7. The van der Waals surface area contributed by atoms with Gasteiger partial charge in [0.2, 0.25) is 0 Å². The zero-order valence-electron chi connectivity index (χ0n) is 18.4. The minimum atomic E-state index is -0.789. The lowest BCUT2D eigenvalue weighted by Gasteiger charge is -2.31. The molecule has 2 atom stereocenters. The van der Waals surface area contributed by atoms with Gasteiger partial charge in [-0.2, -0.15) is 0 Å². The van der Waals surface area contributed by atoms with Crippen LogP contribution in [0, 0.1) is 5.82 Å². The van der Waals surface area contributed by atoms with Crippen LogP contribution in [-0.2, 0) is 24.4 Å². The predicted molar refractivity (Wildman–Crippen MR) is 130 cm³/mol. The highest BCUT2D eigenvalue weighted by Crippen LogP contribution is 2.26. The van der Waals surface area contributed by atoms with Crippen molar-refractivity contribution in [3.63, 3.8) is 0 Å². The van der Waals surface area contributed by atoms with E-state index in [1.807, 2.05) is 59.5 Å². The van der Waals surface area contributed by atoms with Gasteiger partial charge in [-0.1, -0.05) is 77.8 Å². The number of likely N-dealkylation sites (tertiary alicyclic amines) is 1. The number of carbonyl (C=O) groups is 1. The highest BCUT2D eigenvalue weighted by atomic mass is 35.5. The minimum absolute atomic E-state index is 0.0354. The number of hydrogen-bond acceptors (Lipinski definition) is 4. The van der Waals surface area contributed by atoms with Crippen LogP contribution < -0.4 is 0 Å². The number of benzene rings is 3. The van der Waals surface area contributed by atoms with Gasteiger partial charge >= 0.3 is 6.09 Å². The van der Waals surface area contributed by atoms with Crippen molar-refractivity contribution in [2.75, 3.05) is 13.1 Å². The van der Waals surface area contributed by atoms with Crippen LogP contribution >= 0.6 is 23.2 Å². The molecule has 0 saturated carbocycles. The Morgan fingerprint density at radius 3 is 2.44 bits per heavy atom. The van der Waals surface area contributed by atoms with Crippen LogP contribution in [0.4, 0.5) is 9.18 Å². The van der Waals surface area contributed by atoms with Crippen LogP contribution in [0.15, 0.2) is 72.8 Å². The number of aliphatic hydroxyl groups is 1. The van der Waals surface area contributed by atoms with E-state index in [9.17, 15) is 14.3 Å². The number of hydrogen-bond donors (Lipinski definition) is 1. The monoisotopic (exact) mass is 502 g/mol. The van der Waals surface area contributed by atoms with Crippen molar-refractivity contribution in [3.05, 3.63) is 105 Å². The van der Waals surface area contributed by atoms with Crippen molar-refractivity contribution in [1.82, 2.24) is 9.80 Å². The standard InChI is InChI=1S/C26H25Cl2FN2O3/c27-21-9-5-4-8-20(21)14-30(13-19-10-11-23(29)22(28)12-19)24-15-31(16-25(24)32)26(33)34-17-18-6-2-1-3-7-18/h1-12,24-25,32H,13-17H2/t24-,25-/m1/s1. The molecule has 1 fully saturated rings. The summed E-state index contributed by atoms with van der Waals surface area (Å²) < 4.78 is 19.1. The molecule has 1 aliphatic heterocycles. The van der Waals surface area contributed by atoms with Gasteiger partial charge in [-0.15, -0.1) is 0 Å². The van der Waals surface area contributed by atoms with Gasteiger partial charge < -0.3 is 14.7 Å². The second kappa shape index (κ2) is 11.2. The quantitative estimate of drug-likeness (QED) is 0.462. The molecule has 0 spiro atoms. The highest BCUT2D eigenvalue weighted by molar-refractivity contribution is 6.31. The first kappa shape index (κ1) is 24.5. The lowest BCUT2D eigenvalue weighted by atomic mass is 10.1. The summed E-state index contributed by atoms with van der Waals surface area (Å²) in [5.41, 5.74) is 2.56. The van der Waals surface area contributed by atoms with Crippen molar-refractivity contribution in [2.24, 2.45) is 0 Å². The number of halogens is 3. The summed E-state index contributed by atoms with van der Waals surface area (Å²) in [6.07, 6.45) is -1.27.